The Morgan fingerprint density at radius 3 is 2.43 bits per heavy atom. The van der Waals surface area contributed by atoms with Crippen molar-refractivity contribution in [3.63, 3.8) is 0 Å². The van der Waals surface area contributed by atoms with E-state index >= 15 is 0 Å². The van der Waals surface area contributed by atoms with Crippen LogP contribution in [0.3, 0.4) is 0 Å². The molecule has 3 heterocycles. The molecule has 5 nitrogen and oxygen atoms in total. The lowest BCUT2D eigenvalue weighted by Crippen LogP contribution is -2.56. The summed E-state index contributed by atoms with van der Waals surface area (Å²) in [6.45, 7) is 7.75. The molecule has 3 aliphatic rings. The highest BCUT2D eigenvalue weighted by Gasteiger charge is 2.38. The monoisotopic (exact) mass is 493 g/mol. The zero-order valence-corrected chi connectivity index (χ0v) is 22.1. The van der Waals surface area contributed by atoms with Crippen LogP contribution in [0.15, 0.2) is 35.7 Å². The molecule has 0 radical (unpaired) electrons. The van der Waals surface area contributed by atoms with Crippen molar-refractivity contribution in [3.8, 4) is 0 Å². The molecule has 0 unspecified atom stereocenters. The van der Waals surface area contributed by atoms with E-state index in [0.29, 0.717) is 32.6 Å². The molecular formula is C29H39N3O2S. The Labute approximate surface area is 214 Å². The van der Waals surface area contributed by atoms with Gasteiger partial charge in [0.2, 0.25) is 11.8 Å². The lowest BCUT2D eigenvalue weighted by Gasteiger charge is -2.43. The van der Waals surface area contributed by atoms with Gasteiger partial charge in [0.05, 0.1) is 12.1 Å². The second-order valence-corrected chi connectivity index (χ2v) is 11.6. The van der Waals surface area contributed by atoms with Gasteiger partial charge >= 0.3 is 0 Å². The average molecular weight is 494 g/mol. The van der Waals surface area contributed by atoms with Gasteiger partial charge < -0.3 is 9.80 Å². The van der Waals surface area contributed by atoms with Gasteiger partial charge in [-0.1, -0.05) is 49.9 Å². The van der Waals surface area contributed by atoms with Crippen molar-refractivity contribution in [1.82, 2.24) is 14.7 Å². The smallest absolute Gasteiger partial charge is 0.239 e. The quantitative estimate of drug-likeness (QED) is 0.567. The summed E-state index contributed by atoms with van der Waals surface area (Å²) in [5, 5.41) is 2.19. The Morgan fingerprint density at radius 1 is 0.971 bits per heavy atom. The number of carbonyl (C=O) groups is 2. The zero-order chi connectivity index (χ0) is 24.4. The molecule has 2 amide bonds. The molecule has 0 bridgehead atoms. The van der Waals surface area contributed by atoms with Crippen molar-refractivity contribution in [2.45, 2.75) is 70.9 Å². The summed E-state index contributed by atoms with van der Waals surface area (Å²) in [6.07, 6.45) is 7.94. The highest BCUT2D eigenvalue weighted by Crippen LogP contribution is 2.40. The zero-order valence-electron chi connectivity index (χ0n) is 21.2. The lowest BCUT2D eigenvalue weighted by atomic mass is 9.89. The van der Waals surface area contributed by atoms with Crippen LogP contribution in [-0.2, 0) is 16.0 Å². The molecule has 0 N–H and O–H groups in total. The molecule has 6 heteroatoms. The maximum absolute atomic E-state index is 13.7. The maximum atomic E-state index is 13.7. The SMILES string of the molecule is Cc1ccccc1[C@H]1c2ccsc2CCN1[C@H](C)C(=O)N1CCN(C(=O)CCC2CCCC2)CC1. The number of fused-ring (bicyclic) bond motifs is 1. The van der Waals surface area contributed by atoms with Gasteiger partial charge in [0.1, 0.15) is 0 Å². The molecule has 2 aromatic rings. The van der Waals surface area contributed by atoms with Crippen molar-refractivity contribution < 1.29 is 9.59 Å². The van der Waals surface area contributed by atoms with Gasteiger partial charge in [-0.05, 0) is 60.7 Å². The number of carbonyl (C=O) groups excluding carboxylic acids is 2. The third-order valence-electron chi connectivity index (χ3n) is 8.53. The fraction of sp³-hybridized carbons (Fsp3) is 0.586. The van der Waals surface area contributed by atoms with Gasteiger partial charge in [0.25, 0.3) is 0 Å². The van der Waals surface area contributed by atoms with E-state index in [1.54, 1.807) is 0 Å². The van der Waals surface area contributed by atoms with E-state index in [-0.39, 0.29) is 23.9 Å². The lowest BCUT2D eigenvalue weighted by molar-refractivity contribution is -0.143. The Hall–Kier alpha value is -2.18. The first kappa shape index (κ1) is 24.5. The van der Waals surface area contributed by atoms with Crippen molar-refractivity contribution in [3.05, 3.63) is 57.3 Å². The summed E-state index contributed by atoms with van der Waals surface area (Å²) in [7, 11) is 0. The number of rotatable bonds is 6. The first-order valence-electron chi connectivity index (χ1n) is 13.5. The van der Waals surface area contributed by atoms with Crippen molar-refractivity contribution >= 4 is 23.2 Å². The molecule has 1 saturated carbocycles. The summed E-state index contributed by atoms with van der Waals surface area (Å²) < 4.78 is 0. The normalized spacial score (nSPS) is 22.3. The van der Waals surface area contributed by atoms with Crippen molar-refractivity contribution in [2.24, 2.45) is 5.92 Å². The number of piperazine rings is 1. The van der Waals surface area contributed by atoms with Crippen LogP contribution < -0.4 is 0 Å². The number of aryl methyl sites for hydroxylation is 1. The standard InChI is InChI=1S/C29H39N3O2S/c1-21-7-3-6-10-24(21)28-25-14-20-35-26(25)13-15-32(28)22(2)29(34)31-18-16-30(17-19-31)27(33)12-11-23-8-4-5-9-23/h3,6-7,10,14,20,22-23,28H,4-5,8-9,11-13,15-19H2,1-2H3/t22-,28+/m1/s1. The van der Waals surface area contributed by atoms with Gasteiger partial charge in [-0.2, -0.15) is 0 Å². The third-order valence-corrected chi connectivity index (χ3v) is 9.52. The average Bonchev–Trinajstić information content (AvgIpc) is 3.58. The van der Waals surface area contributed by atoms with E-state index in [9.17, 15) is 9.59 Å². The van der Waals surface area contributed by atoms with Gasteiger partial charge in [0.15, 0.2) is 0 Å². The Kier molecular flexibility index (Phi) is 7.59. The minimum atomic E-state index is -0.197. The molecule has 2 aliphatic heterocycles. The fourth-order valence-electron chi connectivity index (χ4n) is 6.36. The predicted octanol–water partition coefficient (Wildman–Crippen LogP) is 5.03. The molecule has 1 aromatic carbocycles. The number of hydrogen-bond acceptors (Lipinski definition) is 4. The van der Waals surface area contributed by atoms with Crippen molar-refractivity contribution in [1.29, 1.82) is 0 Å². The van der Waals surface area contributed by atoms with Crippen LogP contribution in [0, 0.1) is 12.8 Å². The second kappa shape index (κ2) is 10.8. The molecule has 0 spiro atoms. The molecule has 1 aromatic heterocycles. The molecule has 1 aliphatic carbocycles. The summed E-state index contributed by atoms with van der Waals surface area (Å²) in [5.41, 5.74) is 3.92. The van der Waals surface area contributed by atoms with Crippen LogP contribution in [0.5, 0.6) is 0 Å². The first-order valence-corrected chi connectivity index (χ1v) is 14.3. The van der Waals surface area contributed by atoms with E-state index in [1.807, 2.05) is 21.1 Å². The first-order chi connectivity index (χ1) is 17.0. The largest absolute Gasteiger partial charge is 0.339 e. The number of thiophene rings is 1. The second-order valence-electron chi connectivity index (χ2n) is 10.6. The van der Waals surface area contributed by atoms with Crippen molar-refractivity contribution in [2.75, 3.05) is 32.7 Å². The summed E-state index contributed by atoms with van der Waals surface area (Å²) in [4.78, 5) is 34.2. The predicted molar refractivity (Wildman–Crippen MR) is 142 cm³/mol. The van der Waals surface area contributed by atoms with Crippen LogP contribution >= 0.6 is 11.3 Å². The Morgan fingerprint density at radius 2 is 1.69 bits per heavy atom. The number of nitrogens with zero attached hydrogens (tertiary/aromatic N) is 3. The highest BCUT2D eigenvalue weighted by molar-refractivity contribution is 7.10. The van der Waals surface area contributed by atoms with Gasteiger partial charge in [0, 0.05) is 44.0 Å². The van der Waals surface area contributed by atoms with Crippen LogP contribution in [0.1, 0.15) is 73.1 Å². The van der Waals surface area contributed by atoms with E-state index in [2.05, 4.69) is 54.5 Å². The topological polar surface area (TPSA) is 43.9 Å². The van der Waals surface area contributed by atoms with Gasteiger partial charge in [-0.15, -0.1) is 11.3 Å². The van der Waals surface area contributed by atoms with Crippen LogP contribution in [0.25, 0.3) is 0 Å². The number of hydrogen-bond donors (Lipinski definition) is 0. The summed E-state index contributed by atoms with van der Waals surface area (Å²) >= 11 is 1.84. The van der Waals surface area contributed by atoms with Crippen LogP contribution in [0.4, 0.5) is 0 Å². The number of benzene rings is 1. The molecule has 1 saturated heterocycles. The van der Waals surface area contributed by atoms with E-state index in [4.69, 9.17) is 0 Å². The molecule has 2 atom stereocenters. The van der Waals surface area contributed by atoms with E-state index in [0.717, 1.165) is 25.3 Å². The Balaban J connectivity index is 1.23. The van der Waals surface area contributed by atoms with Gasteiger partial charge in [-0.25, -0.2) is 0 Å². The van der Waals surface area contributed by atoms with E-state index in [1.165, 1.54) is 47.3 Å². The number of amides is 2. The van der Waals surface area contributed by atoms with Crippen LogP contribution in [-0.4, -0.2) is 65.3 Å². The minimum Gasteiger partial charge on any atom is -0.339 e. The molecular weight excluding hydrogens is 454 g/mol. The molecule has 188 valence electrons. The third kappa shape index (κ3) is 5.19. The molecule has 5 rings (SSSR count). The molecule has 2 fully saturated rings. The summed E-state index contributed by atoms with van der Waals surface area (Å²) in [6, 6.07) is 10.7. The van der Waals surface area contributed by atoms with Gasteiger partial charge in [-0.3, -0.25) is 14.5 Å². The highest BCUT2D eigenvalue weighted by atomic mass is 32.1. The Bertz CT molecular complexity index is 1040. The molecule has 35 heavy (non-hydrogen) atoms. The minimum absolute atomic E-state index is 0.114. The maximum Gasteiger partial charge on any atom is 0.239 e. The van der Waals surface area contributed by atoms with E-state index < -0.39 is 0 Å². The summed E-state index contributed by atoms with van der Waals surface area (Å²) in [5.74, 6) is 1.22. The van der Waals surface area contributed by atoms with Crippen LogP contribution in [0.2, 0.25) is 0 Å². The fourth-order valence-corrected chi connectivity index (χ4v) is 7.26.